The lowest BCUT2D eigenvalue weighted by Crippen LogP contribution is -2.16. The maximum atomic E-state index is 6.12. The molecular weight excluding hydrogens is 512 g/mol. The summed E-state index contributed by atoms with van der Waals surface area (Å²) in [5.41, 5.74) is 9.75. The van der Waals surface area contributed by atoms with Crippen LogP contribution in [0, 0.1) is 6.92 Å². The number of benzene rings is 1. The number of nitrogens with one attached hydrogen (secondary N) is 1. The summed E-state index contributed by atoms with van der Waals surface area (Å²) in [6.07, 6.45) is 20.9. The standard InChI is InChI=1S/C35H64N2O4/c1-3-4-5-8-12-24-38-25-14-10-15-26-39-29-23-37-32-35(36)18-11-7-6-9-13-27-40-30-31-41-28-16-17-34-21-19-33(2)20-22-34/h19-22,32,37H,3-18,23-31,36H2,1-2H3/b35-32-. The Labute approximate surface area is 253 Å². The van der Waals surface area contributed by atoms with Gasteiger partial charge < -0.3 is 30.0 Å². The highest BCUT2D eigenvalue weighted by atomic mass is 16.5. The summed E-state index contributed by atoms with van der Waals surface area (Å²) in [7, 11) is 0. The van der Waals surface area contributed by atoms with Crippen LogP contribution in [0.25, 0.3) is 0 Å². The van der Waals surface area contributed by atoms with E-state index in [-0.39, 0.29) is 0 Å². The Kier molecular flexibility index (Phi) is 27.3. The third-order valence-electron chi connectivity index (χ3n) is 7.15. The van der Waals surface area contributed by atoms with Crippen molar-refractivity contribution in [1.82, 2.24) is 5.32 Å². The fourth-order valence-electron chi connectivity index (χ4n) is 4.52. The Morgan fingerprint density at radius 1 is 0.610 bits per heavy atom. The van der Waals surface area contributed by atoms with Gasteiger partial charge in [0, 0.05) is 51.5 Å². The van der Waals surface area contributed by atoms with Gasteiger partial charge in [-0.05, 0) is 70.3 Å². The van der Waals surface area contributed by atoms with E-state index in [1.807, 2.05) is 6.20 Å². The van der Waals surface area contributed by atoms with Crippen LogP contribution < -0.4 is 11.1 Å². The lowest BCUT2D eigenvalue weighted by molar-refractivity contribution is 0.0455. The molecule has 0 aliphatic carbocycles. The van der Waals surface area contributed by atoms with E-state index in [1.165, 1.54) is 68.9 Å². The molecule has 3 N–H and O–H groups in total. The van der Waals surface area contributed by atoms with Crippen molar-refractivity contribution in [2.24, 2.45) is 5.73 Å². The maximum absolute atomic E-state index is 6.12. The van der Waals surface area contributed by atoms with Crippen molar-refractivity contribution < 1.29 is 18.9 Å². The predicted molar refractivity (Wildman–Crippen MR) is 173 cm³/mol. The molecule has 0 atom stereocenters. The fourth-order valence-corrected chi connectivity index (χ4v) is 4.52. The predicted octanol–water partition coefficient (Wildman–Crippen LogP) is 7.87. The number of unbranched alkanes of at least 4 members (excludes halogenated alkanes) is 10. The van der Waals surface area contributed by atoms with Crippen molar-refractivity contribution in [2.45, 2.75) is 117 Å². The van der Waals surface area contributed by atoms with Gasteiger partial charge in [0.25, 0.3) is 0 Å². The van der Waals surface area contributed by atoms with E-state index in [0.717, 1.165) is 96.8 Å². The van der Waals surface area contributed by atoms with Crippen molar-refractivity contribution in [3.63, 3.8) is 0 Å². The molecule has 6 heteroatoms. The molecule has 41 heavy (non-hydrogen) atoms. The number of allylic oxidation sites excluding steroid dienone is 1. The van der Waals surface area contributed by atoms with Crippen LogP contribution in [0.1, 0.15) is 114 Å². The summed E-state index contributed by atoms with van der Waals surface area (Å²) in [6.45, 7) is 11.5. The molecule has 0 aliphatic rings. The van der Waals surface area contributed by atoms with E-state index in [9.17, 15) is 0 Å². The largest absolute Gasteiger partial charge is 0.401 e. The second-order valence-electron chi connectivity index (χ2n) is 11.2. The zero-order valence-corrected chi connectivity index (χ0v) is 26.8. The highest BCUT2D eigenvalue weighted by molar-refractivity contribution is 5.21. The first-order valence-corrected chi connectivity index (χ1v) is 16.8. The topological polar surface area (TPSA) is 75.0 Å². The number of nitrogens with two attached hydrogens (primary N) is 1. The Balaban J connectivity index is 1.73. The maximum Gasteiger partial charge on any atom is 0.0700 e. The molecule has 0 spiro atoms. The molecule has 1 aromatic carbocycles. The van der Waals surface area contributed by atoms with Gasteiger partial charge in [-0.1, -0.05) is 81.7 Å². The van der Waals surface area contributed by atoms with E-state index in [4.69, 9.17) is 24.7 Å². The number of hydrogen-bond acceptors (Lipinski definition) is 6. The molecule has 0 amide bonds. The number of ether oxygens (including phenoxy) is 4. The van der Waals surface area contributed by atoms with E-state index >= 15 is 0 Å². The first-order valence-electron chi connectivity index (χ1n) is 16.8. The molecule has 0 unspecified atom stereocenters. The van der Waals surface area contributed by atoms with Gasteiger partial charge in [-0.25, -0.2) is 0 Å². The van der Waals surface area contributed by atoms with Gasteiger partial charge in [0.15, 0.2) is 0 Å². The summed E-state index contributed by atoms with van der Waals surface area (Å²) < 4.78 is 22.8. The minimum atomic E-state index is 0.689. The average Bonchev–Trinajstić information content (AvgIpc) is 2.98. The second-order valence-corrected chi connectivity index (χ2v) is 11.2. The summed E-state index contributed by atoms with van der Waals surface area (Å²) in [5, 5.41) is 3.28. The smallest absolute Gasteiger partial charge is 0.0700 e. The third kappa shape index (κ3) is 27.0. The van der Waals surface area contributed by atoms with Gasteiger partial charge in [0.1, 0.15) is 0 Å². The summed E-state index contributed by atoms with van der Waals surface area (Å²) in [4.78, 5) is 0. The van der Waals surface area contributed by atoms with Crippen molar-refractivity contribution in [1.29, 1.82) is 0 Å². The summed E-state index contributed by atoms with van der Waals surface area (Å²) in [6, 6.07) is 8.75. The zero-order valence-electron chi connectivity index (χ0n) is 26.8. The normalized spacial score (nSPS) is 11.8. The molecule has 0 bridgehead atoms. The number of rotatable bonds is 31. The lowest BCUT2D eigenvalue weighted by Gasteiger charge is -2.07. The van der Waals surface area contributed by atoms with Crippen LogP contribution >= 0.6 is 0 Å². The average molecular weight is 577 g/mol. The molecular formula is C35H64N2O4. The molecule has 1 aromatic rings. The first-order chi connectivity index (χ1) is 20.2. The number of aryl methyl sites for hydroxylation is 2. The van der Waals surface area contributed by atoms with Crippen LogP contribution in [0.2, 0.25) is 0 Å². The molecule has 0 saturated heterocycles. The van der Waals surface area contributed by atoms with Crippen LogP contribution in [-0.4, -0.2) is 59.4 Å². The van der Waals surface area contributed by atoms with E-state index in [1.54, 1.807) is 0 Å². The second kappa shape index (κ2) is 29.9. The molecule has 0 fully saturated rings. The van der Waals surface area contributed by atoms with Crippen LogP contribution in [0.5, 0.6) is 0 Å². The van der Waals surface area contributed by atoms with Crippen LogP contribution in [-0.2, 0) is 25.4 Å². The van der Waals surface area contributed by atoms with Crippen molar-refractivity contribution in [2.75, 3.05) is 59.4 Å². The lowest BCUT2D eigenvalue weighted by atomic mass is 10.1. The molecule has 0 aromatic heterocycles. The van der Waals surface area contributed by atoms with Gasteiger partial charge in [0.2, 0.25) is 0 Å². The molecule has 0 aliphatic heterocycles. The molecule has 0 heterocycles. The summed E-state index contributed by atoms with van der Waals surface area (Å²) in [5.74, 6) is 0. The Bertz CT molecular complexity index is 696. The SMILES string of the molecule is CCCCCCCOCCCCCOCCN/C=C(\N)CCCCCCCOCCOCCCc1ccc(C)cc1. The highest BCUT2D eigenvalue weighted by Gasteiger charge is 1.97. The minimum absolute atomic E-state index is 0.689. The molecule has 238 valence electrons. The van der Waals surface area contributed by atoms with Crippen LogP contribution in [0.15, 0.2) is 36.2 Å². The first kappa shape index (κ1) is 37.4. The third-order valence-corrected chi connectivity index (χ3v) is 7.15. The molecule has 6 nitrogen and oxygen atoms in total. The number of hydrogen-bond donors (Lipinski definition) is 2. The van der Waals surface area contributed by atoms with Gasteiger partial charge in [-0.3, -0.25) is 0 Å². The van der Waals surface area contributed by atoms with Crippen LogP contribution in [0.3, 0.4) is 0 Å². The quantitative estimate of drug-likeness (QED) is 0.0876. The molecule has 1 rings (SSSR count). The van der Waals surface area contributed by atoms with Crippen molar-refractivity contribution in [3.8, 4) is 0 Å². The van der Waals surface area contributed by atoms with Gasteiger partial charge in [0.05, 0.1) is 19.8 Å². The van der Waals surface area contributed by atoms with Gasteiger partial charge in [-0.2, -0.15) is 0 Å². The van der Waals surface area contributed by atoms with Crippen molar-refractivity contribution in [3.05, 3.63) is 47.3 Å². The Hall–Kier alpha value is -1.60. The van der Waals surface area contributed by atoms with E-state index in [2.05, 4.69) is 43.4 Å². The molecule has 0 saturated carbocycles. The van der Waals surface area contributed by atoms with Gasteiger partial charge >= 0.3 is 0 Å². The van der Waals surface area contributed by atoms with Gasteiger partial charge in [-0.15, -0.1) is 0 Å². The zero-order chi connectivity index (χ0) is 29.5. The Morgan fingerprint density at radius 2 is 1.10 bits per heavy atom. The summed E-state index contributed by atoms with van der Waals surface area (Å²) >= 11 is 0. The minimum Gasteiger partial charge on any atom is -0.401 e. The Morgan fingerprint density at radius 3 is 1.73 bits per heavy atom. The highest BCUT2D eigenvalue weighted by Crippen LogP contribution is 2.09. The van der Waals surface area contributed by atoms with E-state index < -0.39 is 0 Å². The van der Waals surface area contributed by atoms with Crippen molar-refractivity contribution >= 4 is 0 Å². The monoisotopic (exact) mass is 576 g/mol. The van der Waals surface area contributed by atoms with E-state index in [0.29, 0.717) is 13.2 Å². The molecule has 0 radical (unpaired) electrons. The van der Waals surface area contributed by atoms with Crippen LogP contribution in [0.4, 0.5) is 0 Å². The fraction of sp³-hybridized carbons (Fsp3) is 0.771.